The summed E-state index contributed by atoms with van der Waals surface area (Å²) in [5, 5.41) is 3.02. The Bertz CT molecular complexity index is 763. The van der Waals surface area contributed by atoms with Gasteiger partial charge in [0.25, 0.3) is 5.91 Å². The van der Waals surface area contributed by atoms with Crippen LogP contribution in [0.3, 0.4) is 0 Å². The van der Waals surface area contributed by atoms with Crippen molar-refractivity contribution in [3.63, 3.8) is 0 Å². The predicted molar refractivity (Wildman–Crippen MR) is 97.5 cm³/mol. The molecule has 0 spiro atoms. The summed E-state index contributed by atoms with van der Waals surface area (Å²) in [4.78, 5) is 14.7. The number of nitrogens with one attached hydrogen (secondary N) is 1. The monoisotopic (exact) mass is 342 g/mol. The second kappa shape index (κ2) is 7.09. The normalized spacial score (nSPS) is 16.4. The molecule has 2 aromatic rings. The Morgan fingerprint density at radius 2 is 2.04 bits per heavy atom. The van der Waals surface area contributed by atoms with Crippen molar-refractivity contribution >= 4 is 28.8 Å². The van der Waals surface area contributed by atoms with E-state index in [0.717, 1.165) is 29.7 Å². The lowest BCUT2D eigenvalue weighted by Gasteiger charge is -2.35. The molecule has 1 heterocycles. The van der Waals surface area contributed by atoms with Gasteiger partial charge in [0.15, 0.2) is 4.99 Å². The van der Waals surface area contributed by atoms with E-state index in [9.17, 15) is 9.18 Å². The number of hydrogen-bond acceptors (Lipinski definition) is 2. The number of carbonyl (C=O) groups is 1. The Labute approximate surface area is 146 Å². The van der Waals surface area contributed by atoms with E-state index in [2.05, 4.69) is 5.32 Å². The molecule has 24 heavy (non-hydrogen) atoms. The number of anilines is 1. The van der Waals surface area contributed by atoms with Gasteiger partial charge in [-0.05, 0) is 49.1 Å². The number of carbonyl (C=O) groups excluding carboxylic acids is 1. The number of benzene rings is 2. The van der Waals surface area contributed by atoms with Crippen molar-refractivity contribution in [1.29, 1.82) is 0 Å². The van der Waals surface area contributed by atoms with Crippen LogP contribution in [0, 0.1) is 5.82 Å². The van der Waals surface area contributed by atoms with E-state index >= 15 is 0 Å². The third kappa shape index (κ3) is 3.46. The number of amides is 1. The van der Waals surface area contributed by atoms with Gasteiger partial charge < -0.3 is 10.2 Å². The van der Waals surface area contributed by atoms with Gasteiger partial charge in [0.05, 0.1) is 0 Å². The number of nitrogens with zero attached hydrogens (tertiary/aromatic N) is 1. The molecule has 3 rings (SSSR count). The Balaban J connectivity index is 1.75. The lowest BCUT2D eigenvalue weighted by atomic mass is 9.96. The molecule has 1 amide bonds. The van der Waals surface area contributed by atoms with Crippen molar-refractivity contribution in [3.8, 4) is 0 Å². The Morgan fingerprint density at radius 3 is 2.79 bits per heavy atom. The van der Waals surface area contributed by atoms with Crippen LogP contribution in [0.15, 0.2) is 48.5 Å². The fraction of sp³-hybridized carbons (Fsp3) is 0.263. The molecule has 5 heteroatoms. The van der Waals surface area contributed by atoms with Gasteiger partial charge >= 0.3 is 0 Å². The third-order valence-corrected chi connectivity index (χ3v) is 4.60. The number of halogens is 1. The standard InChI is InChI=1S/C19H19FN2OS/c1-13-7-8-15-11-16(20)9-10-17(15)22(13)19(23)18(24)21-12-14-5-3-2-4-6-14/h2-6,9-11,13H,7-8,12H2,1H3,(H,21,24). The molecule has 2 aromatic carbocycles. The maximum absolute atomic E-state index is 13.4. The fourth-order valence-electron chi connectivity index (χ4n) is 2.99. The number of thiocarbonyl (C=S) groups is 1. The van der Waals surface area contributed by atoms with Crippen LogP contribution < -0.4 is 10.2 Å². The lowest BCUT2D eigenvalue weighted by molar-refractivity contribution is -0.113. The number of rotatable bonds is 2. The zero-order chi connectivity index (χ0) is 17.1. The first-order valence-electron chi connectivity index (χ1n) is 8.00. The molecule has 0 fully saturated rings. The third-order valence-electron chi connectivity index (χ3n) is 4.28. The van der Waals surface area contributed by atoms with Crippen molar-refractivity contribution in [3.05, 3.63) is 65.5 Å². The molecule has 1 aliphatic heterocycles. The van der Waals surface area contributed by atoms with E-state index in [1.807, 2.05) is 37.3 Å². The molecule has 1 aliphatic rings. The van der Waals surface area contributed by atoms with Crippen LogP contribution >= 0.6 is 12.2 Å². The first-order chi connectivity index (χ1) is 11.6. The van der Waals surface area contributed by atoms with Gasteiger partial charge in [-0.25, -0.2) is 4.39 Å². The van der Waals surface area contributed by atoms with Crippen molar-refractivity contribution < 1.29 is 9.18 Å². The summed E-state index contributed by atoms with van der Waals surface area (Å²) in [6.45, 7) is 2.49. The topological polar surface area (TPSA) is 32.3 Å². The van der Waals surface area contributed by atoms with Crippen LogP contribution in [0.1, 0.15) is 24.5 Å². The van der Waals surface area contributed by atoms with Gasteiger partial charge in [0.2, 0.25) is 0 Å². The van der Waals surface area contributed by atoms with E-state index in [4.69, 9.17) is 12.2 Å². The van der Waals surface area contributed by atoms with Crippen LogP contribution in [0.25, 0.3) is 0 Å². The molecule has 0 saturated heterocycles. The van der Waals surface area contributed by atoms with Gasteiger partial charge in [-0.2, -0.15) is 0 Å². The van der Waals surface area contributed by atoms with Gasteiger partial charge in [-0.3, -0.25) is 4.79 Å². The number of hydrogen-bond donors (Lipinski definition) is 1. The van der Waals surface area contributed by atoms with Gasteiger partial charge in [0.1, 0.15) is 5.82 Å². The summed E-state index contributed by atoms with van der Waals surface area (Å²) in [6, 6.07) is 14.4. The molecule has 1 atom stereocenters. The SMILES string of the molecule is CC1CCc2cc(F)ccc2N1C(=O)C(=S)NCc1ccccc1. The highest BCUT2D eigenvalue weighted by Gasteiger charge is 2.30. The number of aryl methyl sites for hydroxylation is 1. The fourth-order valence-corrected chi connectivity index (χ4v) is 3.16. The second-order valence-electron chi connectivity index (χ2n) is 6.00. The summed E-state index contributed by atoms with van der Waals surface area (Å²) in [7, 11) is 0. The van der Waals surface area contributed by atoms with Crippen molar-refractivity contribution in [1.82, 2.24) is 5.32 Å². The second-order valence-corrected chi connectivity index (χ2v) is 6.41. The van der Waals surface area contributed by atoms with Crippen molar-refractivity contribution in [2.75, 3.05) is 4.90 Å². The molecule has 0 radical (unpaired) electrons. The van der Waals surface area contributed by atoms with Gasteiger partial charge in [0, 0.05) is 18.3 Å². The molecule has 0 bridgehead atoms. The van der Waals surface area contributed by atoms with Crippen molar-refractivity contribution in [2.45, 2.75) is 32.4 Å². The van der Waals surface area contributed by atoms with Crippen molar-refractivity contribution in [2.24, 2.45) is 0 Å². The smallest absolute Gasteiger partial charge is 0.285 e. The quantitative estimate of drug-likeness (QED) is 0.846. The highest BCUT2D eigenvalue weighted by molar-refractivity contribution is 7.82. The van der Waals surface area contributed by atoms with E-state index in [-0.39, 0.29) is 22.8 Å². The van der Waals surface area contributed by atoms with Crippen LogP contribution in [0.2, 0.25) is 0 Å². The van der Waals surface area contributed by atoms with Crippen LogP contribution in [-0.4, -0.2) is 16.9 Å². The van der Waals surface area contributed by atoms with E-state index in [0.29, 0.717) is 6.54 Å². The Hall–Kier alpha value is -2.27. The summed E-state index contributed by atoms with van der Waals surface area (Å²) in [5.74, 6) is -0.513. The minimum Gasteiger partial charge on any atom is -0.368 e. The highest BCUT2D eigenvalue weighted by Crippen LogP contribution is 2.31. The summed E-state index contributed by atoms with van der Waals surface area (Å²) in [6.07, 6.45) is 1.56. The van der Waals surface area contributed by atoms with E-state index in [1.165, 1.54) is 12.1 Å². The Kier molecular flexibility index (Phi) is 4.90. The first kappa shape index (κ1) is 16.6. The van der Waals surface area contributed by atoms with Crippen LogP contribution in [0.5, 0.6) is 0 Å². The zero-order valence-corrected chi connectivity index (χ0v) is 14.3. The highest BCUT2D eigenvalue weighted by atomic mass is 32.1. The molecular weight excluding hydrogens is 323 g/mol. The minimum absolute atomic E-state index is 0.0342. The molecule has 1 unspecified atom stereocenters. The van der Waals surface area contributed by atoms with Crippen LogP contribution in [0.4, 0.5) is 10.1 Å². The van der Waals surface area contributed by atoms with Crippen LogP contribution in [-0.2, 0) is 17.8 Å². The summed E-state index contributed by atoms with van der Waals surface area (Å²) >= 11 is 5.29. The minimum atomic E-state index is -0.277. The Morgan fingerprint density at radius 1 is 1.29 bits per heavy atom. The number of fused-ring (bicyclic) bond motifs is 1. The maximum atomic E-state index is 13.4. The van der Waals surface area contributed by atoms with E-state index < -0.39 is 0 Å². The predicted octanol–water partition coefficient (Wildman–Crippen LogP) is 3.61. The van der Waals surface area contributed by atoms with E-state index in [1.54, 1.807) is 11.0 Å². The lowest BCUT2D eigenvalue weighted by Crippen LogP contribution is -2.48. The first-order valence-corrected chi connectivity index (χ1v) is 8.41. The molecule has 1 N–H and O–H groups in total. The maximum Gasteiger partial charge on any atom is 0.285 e. The summed E-state index contributed by atoms with van der Waals surface area (Å²) < 4.78 is 13.4. The molecule has 3 nitrogen and oxygen atoms in total. The molecule has 0 aromatic heterocycles. The average molecular weight is 342 g/mol. The molecule has 124 valence electrons. The average Bonchev–Trinajstić information content (AvgIpc) is 2.60. The molecular formula is C19H19FN2OS. The van der Waals surface area contributed by atoms with Gasteiger partial charge in [-0.15, -0.1) is 0 Å². The zero-order valence-electron chi connectivity index (χ0n) is 13.5. The largest absolute Gasteiger partial charge is 0.368 e. The molecule has 0 aliphatic carbocycles. The summed E-state index contributed by atoms with van der Waals surface area (Å²) in [5.41, 5.74) is 2.66. The molecule has 0 saturated carbocycles. The van der Waals surface area contributed by atoms with Gasteiger partial charge in [-0.1, -0.05) is 42.5 Å².